The standard InChI is InChI=1S/C26H28N6/c1-18-14-19(2)16-21(15-18)30-26-28-13-10-23(31-26)25-24(20-6-4-3-5-7-20)29-17-32(25)22-8-11-27-12-9-22/h3-7,10,13-17,22,27H,8-9,11-12H2,1-2H3,(H,28,30,31). The molecule has 0 aliphatic carbocycles. The summed E-state index contributed by atoms with van der Waals surface area (Å²) >= 11 is 0. The summed E-state index contributed by atoms with van der Waals surface area (Å²) in [5, 5.41) is 6.84. The first-order chi connectivity index (χ1) is 15.7. The van der Waals surface area contributed by atoms with E-state index in [4.69, 9.17) is 9.97 Å². The molecule has 162 valence electrons. The van der Waals surface area contributed by atoms with Crippen LogP contribution in [-0.4, -0.2) is 32.6 Å². The Morgan fingerprint density at radius 3 is 2.44 bits per heavy atom. The molecule has 0 unspecified atom stereocenters. The Balaban J connectivity index is 1.57. The van der Waals surface area contributed by atoms with Gasteiger partial charge in [0.2, 0.25) is 5.95 Å². The number of anilines is 2. The van der Waals surface area contributed by atoms with Gasteiger partial charge in [-0.05, 0) is 69.1 Å². The molecule has 0 bridgehead atoms. The Kier molecular flexibility index (Phi) is 5.69. The highest BCUT2D eigenvalue weighted by Gasteiger charge is 2.23. The number of piperidine rings is 1. The third kappa shape index (κ3) is 4.27. The highest BCUT2D eigenvalue weighted by atomic mass is 15.1. The van der Waals surface area contributed by atoms with Crippen molar-refractivity contribution in [2.45, 2.75) is 32.7 Å². The maximum Gasteiger partial charge on any atom is 0.227 e. The van der Waals surface area contributed by atoms with E-state index in [1.54, 1.807) is 0 Å². The lowest BCUT2D eigenvalue weighted by atomic mass is 10.0. The summed E-state index contributed by atoms with van der Waals surface area (Å²) in [7, 11) is 0. The van der Waals surface area contributed by atoms with Gasteiger partial charge >= 0.3 is 0 Å². The van der Waals surface area contributed by atoms with E-state index >= 15 is 0 Å². The zero-order valence-electron chi connectivity index (χ0n) is 18.5. The predicted octanol–water partition coefficient (Wildman–Crippen LogP) is 5.29. The van der Waals surface area contributed by atoms with E-state index in [0.717, 1.165) is 54.3 Å². The van der Waals surface area contributed by atoms with Crippen molar-refractivity contribution in [3.63, 3.8) is 0 Å². The van der Waals surface area contributed by atoms with Crippen molar-refractivity contribution < 1.29 is 0 Å². The quantitative estimate of drug-likeness (QED) is 0.455. The number of nitrogens with one attached hydrogen (secondary N) is 2. The lowest BCUT2D eigenvalue weighted by molar-refractivity contribution is 0.370. The Morgan fingerprint density at radius 1 is 0.938 bits per heavy atom. The van der Waals surface area contributed by atoms with E-state index in [0.29, 0.717) is 12.0 Å². The number of hydrogen-bond donors (Lipinski definition) is 2. The van der Waals surface area contributed by atoms with Gasteiger partial charge in [-0.15, -0.1) is 0 Å². The maximum atomic E-state index is 4.91. The number of hydrogen-bond acceptors (Lipinski definition) is 5. The van der Waals surface area contributed by atoms with Crippen LogP contribution < -0.4 is 10.6 Å². The van der Waals surface area contributed by atoms with Crippen LogP contribution in [0.2, 0.25) is 0 Å². The van der Waals surface area contributed by atoms with E-state index in [9.17, 15) is 0 Å². The summed E-state index contributed by atoms with van der Waals surface area (Å²) in [6.07, 6.45) is 5.96. The molecular weight excluding hydrogens is 396 g/mol. The van der Waals surface area contributed by atoms with Gasteiger partial charge in [-0.1, -0.05) is 36.4 Å². The van der Waals surface area contributed by atoms with E-state index in [1.807, 2.05) is 24.7 Å². The first-order valence-corrected chi connectivity index (χ1v) is 11.2. The zero-order chi connectivity index (χ0) is 21.9. The molecule has 1 aliphatic heterocycles. The van der Waals surface area contributed by atoms with Crippen molar-refractivity contribution in [2.24, 2.45) is 0 Å². The topological polar surface area (TPSA) is 67.7 Å². The summed E-state index contributed by atoms with van der Waals surface area (Å²) in [6, 6.07) is 19.1. The molecule has 0 amide bonds. The van der Waals surface area contributed by atoms with Crippen LogP contribution in [0.25, 0.3) is 22.6 Å². The van der Waals surface area contributed by atoms with Crippen molar-refractivity contribution in [1.29, 1.82) is 0 Å². The van der Waals surface area contributed by atoms with Crippen LogP contribution in [0.15, 0.2) is 67.1 Å². The molecule has 1 saturated heterocycles. The van der Waals surface area contributed by atoms with Gasteiger partial charge in [0.15, 0.2) is 0 Å². The van der Waals surface area contributed by atoms with Crippen LogP contribution >= 0.6 is 0 Å². The Morgan fingerprint density at radius 2 is 1.69 bits per heavy atom. The Labute approximate surface area is 188 Å². The molecule has 2 aromatic carbocycles. The second-order valence-corrected chi connectivity index (χ2v) is 8.46. The van der Waals surface area contributed by atoms with Crippen LogP contribution in [0.5, 0.6) is 0 Å². The van der Waals surface area contributed by atoms with Gasteiger partial charge in [-0.2, -0.15) is 0 Å². The van der Waals surface area contributed by atoms with Crippen LogP contribution in [0, 0.1) is 13.8 Å². The summed E-state index contributed by atoms with van der Waals surface area (Å²) in [5.41, 5.74) is 7.39. The number of imidazole rings is 1. The molecular formula is C26H28N6. The zero-order valence-corrected chi connectivity index (χ0v) is 18.5. The SMILES string of the molecule is Cc1cc(C)cc(Nc2nccc(-c3c(-c4ccccc4)ncn3C3CCNCC3)n2)c1. The third-order valence-corrected chi connectivity index (χ3v) is 5.92. The summed E-state index contributed by atoms with van der Waals surface area (Å²) < 4.78 is 2.31. The molecule has 6 heteroatoms. The van der Waals surface area contributed by atoms with Crippen LogP contribution in [0.4, 0.5) is 11.6 Å². The van der Waals surface area contributed by atoms with E-state index in [1.165, 1.54) is 11.1 Å². The molecule has 6 nitrogen and oxygen atoms in total. The average Bonchev–Trinajstić information content (AvgIpc) is 3.25. The Hall–Kier alpha value is -3.51. The molecule has 0 radical (unpaired) electrons. The van der Waals surface area contributed by atoms with Crippen molar-refractivity contribution in [3.05, 3.63) is 78.2 Å². The van der Waals surface area contributed by atoms with Gasteiger partial charge in [-0.25, -0.2) is 15.0 Å². The van der Waals surface area contributed by atoms with Gasteiger partial charge in [0.25, 0.3) is 0 Å². The number of rotatable bonds is 5. The smallest absolute Gasteiger partial charge is 0.227 e. The summed E-state index contributed by atoms with van der Waals surface area (Å²) in [4.78, 5) is 14.2. The van der Waals surface area contributed by atoms with Crippen molar-refractivity contribution in [3.8, 4) is 22.6 Å². The van der Waals surface area contributed by atoms with E-state index in [-0.39, 0.29) is 0 Å². The molecule has 0 saturated carbocycles. The predicted molar refractivity (Wildman–Crippen MR) is 129 cm³/mol. The molecule has 5 rings (SSSR count). The molecule has 2 N–H and O–H groups in total. The summed E-state index contributed by atoms with van der Waals surface area (Å²) in [6.45, 7) is 6.23. The fraction of sp³-hybridized carbons (Fsp3) is 0.269. The Bertz CT molecular complexity index is 1190. The first kappa shape index (κ1) is 20.4. The molecule has 1 aliphatic rings. The highest BCUT2D eigenvalue weighted by molar-refractivity contribution is 5.77. The van der Waals surface area contributed by atoms with Gasteiger partial charge in [-0.3, -0.25) is 0 Å². The minimum Gasteiger partial charge on any atom is -0.326 e. The van der Waals surface area contributed by atoms with E-state index in [2.05, 4.69) is 76.5 Å². The second-order valence-electron chi connectivity index (χ2n) is 8.46. The molecule has 4 aromatic rings. The third-order valence-electron chi connectivity index (χ3n) is 5.92. The monoisotopic (exact) mass is 424 g/mol. The lowest BCUT2D eigenvalue weighted by Gasteiger charge is -2.25. The normalized spacial score (nSPS) is 14.4. The van der Waals surface area contributed by atoms with Gasteiger partial charge in [0.05, 0.1) is 23.4 Å². The van der Waals surface area contributed by atoms with Crippen LogP contribution in [-0.2, 0) is 0 Å². The summed E-state index contributed by atoms with van der Waals surface area (Å²) in [5.74, 6) is 0.588. The van der Waals surface area contributed by atoms with Crippen molar-refractivity contribution in [2.75, 3.05) is 18.4 Å². The molecule has 32 heavy (non-hydrogen) atoms. The molecule has 1 fully saturated rings. The lowest BCUT2D eigenvalue weighted by Crippen LogP contribution is -2.29. The number of nitrogens with zero attached hydrogens (tertiary/aromatic N) is 4. The van der Waals surface area contributed by atoms with Gasteiger partial charge in [0, 0.05) is 23.5 Å². The second kappa shape index (κ2) is 8.93. The van der Waals surface area contributed by atoms with Crippen molar-refractivity contribution >= 4 is 11.6 Å². The van der Waals surface area contributed by atoms with E-state index < -0.39 is 0 Å². The average molecular weight is 425 g/mol. The molecule has 3 heterocycles. The maximum absolute atomic E-state index is 4.91. The minimum absolute atomic E-state index is 0.405. The van der Waals surface area contributed by atoms with Gasteiger partial charge < -0.3 is 15.2 Å². The fourth-order valence-corrected chi connectivity index (χ4v) is 4.51. The van der Waals surface area contributed by atoms with Crippen molar-refractivity contribution in [1.82, 2.24) is 24.8 Å². The minimum atomic E-state index is 0.405. The van der Waals surface area contributed by atoms with Crippen LogP contribution in [0.1, 0.15) is 30.0 Å². The number of benzene rings is 2. The largest absolute Gasteiger partial charge is 0.326 e. The first-order valence-electron chi connectivity index (χ1n) is 11.2. The molecule has 0 atom stereocenters. The number of aromatic nitrogens is 4. The molecule has 0 spiro atoms. The highest BCUT2D eigenvalue weighted by Crippen LogP contribution is 2.34. The van der Waals surface area contributed by atoms with Crippen LogP contribution in [0.3, 0.4) is 0 Å². The number of aryl methyl sites for hydroxylation is 2. The molecule has 2 aromatic heterocycles. The van der Waals surface area contributed by atoms with Gasteiger partial charge in [0.1, 0.15) is 0 Å². The fourth-order valence-electron chi connectivity index (χ4n) is 4.51.